The van der Waals surface area contributed by atoms with Gasteiger partial charge in [0.1, 0.15) is 24.8 Å². The summed E-state index contributed by atoms with van der Waals surface area (Å²) in [6.45, 7) is 14.0. The quantitative estimate of drug-likeness (QED) is 0.0732. The summed E-state index contributed by atoms with van der Waals surface area (Å²) >= 11 is 3.69. The van der Waals surface area contributed by atoms with E-state index in [-0.39, 0.29) is 24.1 Å². The van der Waals surface area contributed by atoms with Crippen LogP contribution in [0.25, 0.3) is 10.9 Å². The van der Waals surface area contributed by atoms with Crippen molar-refractivity contribution in [3.63, 3.8) is 0 Å². The van der Waals surface area contributed by atoms with E-state index in [0.29, 0.717) is 59.1 Å². The number of carbonyl (C=O) groups excluding carboxylic acids is 3. The first-order chi connectivity index (χ1) is 35.0. The van der Waals surface area contributed by atoms with E-state index in [4.69, 9.17) is 14.7 Å². The molecule has 16 nitrogen and oxygen atoms in total. The van der Waals surface area contributed by atoms with Crippen molar-refractivity contribution >= 4 is 91.5 Å². The molecule has 18 heteroatoms. The molecular weight excluding hydrogens is 994 g/mol. The fourth-order valence-corrected chi connectivity index (χ4v) is 15.7. The number of hydrogen-bond donors (Lipinski definition) is 3. The molecule has 6 aliphatic rings. The standard InChI is InChI=1S/C54H65BrN11O5P/c1-4-35-26-45(59-54-56-29-42(55)51(61-54)58-44-13-12-43-40(11-9-37(5-2)57-43)50(44)72(70)24-6-7-25-72)48(71-3)28-47(35)64-18-16-38(17-19-64)63-22-20-62(21-23-63)30-34-31-65(32-34)39-10-8-36-33-66(53(69)41(36)27-39)46-14-15-49(67)60-52(46)68/h8-13,26-29,34,38,46H,4-7,14-25,30-33H2,1-3H3,(H,60,67,68)(H2,56,58,59,61). The van der Waals surface area contributed by atoms with Gasteiger partial charge in [-0.05, 0) is 108 Å². The van der Waals surface area contributed by atoms with Gasteiger partial charge in [-0.2, -0.15) is 4.98 Å². The number of pyridine rings is 1. The summed E-state index contributed by atoms with van der Waals surface area (Å²) < 4.78 is 21.3. The fraction of sp³-hybridized carbons (Fsp3) is 0.481. The molecule has 0 saturated carbocycles. The van der Waals surface area contributed by atoms with Crippen molar-refractivity contribution < 1.29 is 23.7 Å². The molecule has 6 aliphatic heterocycles. The number of hydrogen-bond acceptors (Lipinski definition) is 14. The van der Waals surface area contributed by atoms with Gasteiger partial charge in [-0.1, -0.05) is 26.0 Å². The van der Waals surface area contributed by atoms with Gasteiger partial charge in [-0.25, -0.2) is 4.98 Å². The molecule has 11 rings (SSSR count). The van der Waals surface area contributed by atoms with Gasteiger partial charge in [-0.15, -0.1) is 0 Å². The Morgan fingerprint density at radius 1 is 0.847 bits per heavy atom. The lowest BCUT2D eigenvalue weighted by Gasteiger charge is -2.46. The molecule has 3 aromatic carbocycles. The van der Waals surface area contributed by atoms with Crippen molar-refractivity contribution in [1.82, 2.24) is 35.0 Å². The van der Waals surface area contributed by atoms with Gasteiger partial charge in [0.05, 0.1) is 28.5 Å². The molecule has 378 valence electrons. The predicted molar refractivity (Wildman–Crippen MR) is 287 cm³/mol. The van der Waals surface area contributed by atoms with Gasteiger partial charge < -0.3 is 39.5 Å². The van der Waals surface area contributed by atoms with Gasteiger partial charge in [0.15, 0.2) is 0 Å². The van der Waals surface area contributed by atoms with Gasteiger partial charge in [0.2, 0.25) is 17.8 Å². The minimum atomic E-state index is -2.64. The van der Waals surface area contributed by atoms with Crippen molar-refractivity contribution in [3.05, 3.63) is 87.7 Å². The number of nitrogens with zero attached hydrogens (tertiary/aromatic N) is 8. The third kappa shape index (κ3) is 9.57. The number of anilines is 6. The van der Waals surface area contributed by atoms with Crippen molar-refractivity contribution in [2.75, 3.05) is 98.8 Å². The smallest absolute Gasteiger partial charge is 0.255 e. The van der Waals surface area contributed by atoms with E-state index < -0.39 is 13.2 Å². The van der Waals surface area contributed by atoms with Crippen LogP contribution < -0.4 is 35.8 Å². The lowest BCUT2D eigenvalue weighted by atomic mass is 9.96. The number of nitrogens with one attached hydrogen (secondary N) is 3. The number of rotatable bonds is 14. The molecule has 3 N–H and O–H groups in total. The van der Waals surface area contributed by atoms with Crippen LogP contribution in [0.3, 0.4) is 0 Å². The maximum Gasteiger partial charge on any atom is 0.255 e. The van der Waals surface area contributed by atoms with Crippen LogP contribution in [-0.4, -0.2) is 138 Å². The highest BCUT2D eigenvalue weighted by molar-refractivity contribution is 9.10. The molecule has 8 heterocycles. The van der Waals surface area contributed by atoms with Crippen LogP contribution in [0.5, 0.6) is 5.75 Å². The second-order valence-electron chi connectivity index (χ2n) is 20.5. The number of benzene rings is 3. The Hall–Kier alpha value is -5.61. The van der Waals surface area contributed by atoms with Gasteiger partial charge in [0, 0.05) is 142 Å². The highest BCUT2D eigenvalue weighted by Gasteiger charge is 2.40. The summed E-state index contributed by atoms with van der Waals surface area (Å²) in [5.74, 6) is 1.55. The topological polar surface area (TPSA) is 168 Å². The maximum absolute atomic E-state index is 14.5. The zero-order chi connectivity index (χ0) is 49.7. The molecule has 0 aliphatic carbocycles. The molecule has 0 radical (unpaired) electrons. The molecule has 5 aromatic rings. The van der Waals surface area contributed by atoms with E-state index >= 15 is 0 Å². The van der Waals surface area contributed by atoms with E-state index in [1.807, 2.05) is 30.3 Å². The zero-order valence-electron chi connectivity index (χ0n) is 41.6. The molecule has 2 aromatic heterocycles. The normalized spacial score (nSPS) is 21.0. The summed E-state index contributed by atoms with van der Waals surface area (Å²) in [7, 11) is -0.930. The van der Waals surface area contributed by atoms with Crippen molar-refractivity contribution in [2.24, 2.45) is 5.92 Å². The average molecular weight is 1060 g/mol. The molecule has 0 bridgehead atoms. The van der Waals surface area contributed by atoms with Crippen LogP contribution in [0.1, 0.15) is 79.6 Å². The zero-order valence-corrected chi connectivity index (χ0v) is 44.1. The Balaban J connectivity index is 0.678. The van der Waals surface area contributed by atoms with Crippen LogP contribution in [0, 0.1) is 5.92 Å². The van der Waals surface area contributed by atoms with E-state index in [2.05, 4.69) is 94.6 Å². The number of fused-ring (bicyclic) bond motifs is 2. The highest BCUT2D eigenvalue weighted by Crippen LogP contribution is 2.54. The first-order valence-electron chi connectivity index (χ1n) is 26.0. The lowest BCUT2D eigenvalue weighted by molar-refractivity contribution is -0.136. The number of carbonyl (C=O) groups is 3. The number of ether oxygens (including phenoxy) is 1. The van der Waals surface area contributed by atoms with Crippen LogP contribution in [-0.2, 0) is 33.5 Å². The third-order valence-electron chi connectivity index (χ3n) is 16.1. The number of amides is 3. The molecule has 3 amide bonds. The summed E-state index contributed by atoms with van der Waals surface area (Å²) in [4.78, 5) is 63.9. The first-order valence-corrected chi connectivity index (χ1v) is 28.9. The summed E-state index contributed by atoms with van der Waals surface area (Å²) in [6, 6.07) is 18.6. The lowest BCUT2D eigenvalue weighted by Crippen LogP contribution is -2.57. The average Bonchev–Trinajstić information content (AvgIpc) is 3.98. The largest absolute Gasteiger partial charge is 0.494 e. The first kappa shape index (κ1) is 48.6. The van der Waals surface area contributed by atoms with Crippen molar-refractivity contribution in [2.45, 2.75) is 83.8 Å². The minimum absolute atomic E-state index is 0.121. The minimum Gasteiger partial charge on any atom is -0.494 e. The Kier molecular flexibility index (Phi) is 13.8. The van der Waals surface area contributed by atoms with E-state index in [9.17, 15) is 18.9 Å². The number of imide groups is 1. The number of piperidine rings is 2. The monoisotopic (exact) mass is 1060 g/mol. The van der Waals surface area contributed by atoms with Gasteiger partial charge >= 0.3 is 0 Å². The van der Waals surface area contributed by atoms with Crippen molar-refractivity contribution in [1.29, 1.82) is 0 Å². The number of piperazine rings is 1. The fourth-order valence-electron chi connectivity index (χ4n) is 12.0. The van der Waals surface area contributed by atoms with Crippen LogP contribution >= 0.6 is 23.1 Å². The van der Waals surface area contributed by atoms with Crippen molar-refractivity contribution in [3.8, 4) is 5.75 Å². The Morgan fingerprint density at radius 3 is 2.38 bits per heavy atom. The number of halogens is 1. The molecule has 72 heavy (non-hydrogen) atoms. The predicted octanol–water partition coefficient (Wildman–Crippen LogP) is 7.67. The maximum atomic E-state index is 14.5. The molecule has 0 spiro atoms. The molecule has 5 saturated heterocycles. The Morgan fingerprint density at radius 2 is 1.64 bits per heavy atom. The van der Waals surface area contributed by atoms with Crippen LogP contribution in [0.15, 0.2) is 65.3 Å². The Labute approximate surface area is 430 Å². The SMILES string of the molecule is CCc1ccc2c(P3(=O)CCCC3)c(Nc3nc(Nc4cc(CC)c(N5CCC(N6CCN(CC7CN(c8ccc9c(c8)C(=O)N(C8CCC(=O)NC8=O)C9)C7)CC6)CC5)cc4OC)ncc3Br)ccc2n1. The highest BCUT2D eigenvalue weighted by atomic mass is 79.9. The molecule has 1 atom stereocenters. The second kappa shape index (κ2) is 20.4. The van der Waals surface area contributed by atoms with Crippen LogP contribution in [0.4, 0.5) is 34.5 Å². The summed E-state index contributed by atoms with van der Waals surface area (Å²) in [6.07, 6.45) is 9.63. The molecule has 5 fully saturated rings. The molecule has 1 unspecified atom stereocenters. The van der Waals surface area contributed by atoms with E-state index in [1.165, 1.54) is 11.3 Å². The second-order valence-corrected chi connectivity index (χ2v) is 24.4. The number of aryl methyl sites for hydroxylation is 2. The Bertz CT molecular complexity index is 2960. The summed E-state index contributed by atoms with van der Waals surface area (Å²) in [5.41, 5.74) is 8.60. The summed E-state index contributed by atoms with van der Waals surface area (Å²) in [5, 5.41) is 11.2. The molecular formula is C54H65BrN11O5P. The van der Waals surface area contributed by atoms with Gasteiger partial charge in [0.25, 0.3) is 5.91 Å². The third-order valence-corrected chi connectivity index (χ3v) is 20.0. The number of methoxy groups -OCH3 is 1. The van der Waals surface area contributed by atoms with E-state index in [0.717, 1.165) is 148 Å². The van der Waals surface area contributed by atoms with E-state index in [1.54, 1.807) is 18.2 Å². The van der Waals surface area contributed by atoms with Gasteiger partial charge in [-0.3, -0.25) is 29.6 Å². The number of aromatic nitrogens is 3. The van der Waals surface area contributed by atoms with Crippen LogP contribution in [0.2, 0.25) is 0 Å².